The molecule has 1 saturated carbocycles. The molecule has 19 heavy (non-hydrogen) atoms. The fourth-order valence-corrected chi connectivity index (χ4v) is 2.83. The zero-order chi connectivity index (χ0) is 13.2. The number of nitrogens with zero attached hydrogens (tertiary/aromatic N) is 3. The highest BCUT2D eigenvalue weighted by atomic mass is 16.1. The Morgan fingerprint density at radius 3 is 2.53 bits per heavy atom. The molecule has 1 N–H and O–H groups in total. The molecule has 0 atom stereocenters. The Labute approximate surface area is 109 Å². The van der Waals surface area contributed by atoms with E-state index < -0.39 is 5.69 Å². The number of fused-ring (bicyclic) bond motifs is 1. The topological polar surface area (TPSA) is 80.6 Å². The van der Waals surface area contributed by atoms with Gasteiger partial charge in [0, 0.05) is 6.04 Å². The standard InChI is InChI=1S/C13H16N4O2/c18-11-8-14-10-7-15-13(19)16-12(10)17(11)9-5-3-1-2-4-6-9/h7-9H,1-6H2,(H,15,16,19). The summed E-state index contributed by atoms with van der Waals surface area (Å²) in [5.74, 6) is 0. The third-order valence-electron chi connectivity index (χ3n) is 3.75. The third kappa shape index (κ3) is 2.30. The second kappa shape index (κ2) is 4.95. The van der Waals surface area contributed by atoms with Gasteiger partial charge in [0.25, 0.3) is 5.56 Å². The van der Waals surface area contributed by atoms with E-state index >= 15 is 0 Å². The maximum Gasteiger partial charge on any atom is 0.346 e. The van der Waals surface area contributed by atoms with Crippen LogP contribution in [0.4, 0.5) is 0 Å². The molecule has 1 aliphatic rings. The molecule has 3 rings (SSSR count). The first-order valence-corrected chi connectivity index (χ1v) is 6.72. The van der Waals surface area contributed by atoms with E-state index in [1.807, 2.05) is 0 Å². The van der Waals surface area contributed by atoms with E-state index in [1.165, 1.54) is 25.2 Å². The summed E-state index contributed by atoms with van der Waals surface area (Å²) in [6.07, 6.45) is 9.35. The summed E-state index contributed by atoms with van der Waals surface area (Å²) in [6.45, 7) is 0. The van der Waals surface area contributed by atoms with Crippen LogP contribution in [0.5, 0.6) is 0 Å². The monoisotopic (exact) mass is 260 g/mol. The second-order valence-corrected chi connectivity index (χ2v) is 5.03. The van der Waals surface area contributed by atoms with Gasteiger partial charge in [-0.2, -0.15) is 4.98 Å². The lowest BCUT2D eigenvalue weighted by Gasteiger charge is -2.18. The molecular formula is C13H16N4O2. The van der Waals surface area contributed by atoms with Crippen molar-refractivity contribution >= 4 is 11.2 Å². The van der Waals surface area contributed by atoms with E-state index in [0.717, 1.165) is 25.7 Å². The average molecular weight is 260 g/mol. The van der Waals surface area contributed by atoms with Gasteiger partial charge in [0.2, 0.25) is 0 Å². The van der Waals surface area contributed by atoms with E-state index in [2.05, 4.69) is 15.0 Å². The van der Waals surface area contributed by atoms with Crippen molar-refractivity contribution in [3.05, 3.63) is 33.2 Å². The average Bonchev–Trinajstić information content (AvgIpc) is 2.67. The minimum atomic E-state index is -0.442. The first-order valence-electron chi connectivity index (χ1n) is 6.72. The zero-order valence-electron chi connectivity index (χ0n) is 10.6. The van der Waals surface area contributed by atoms with Crippen molar-refractivity contribution in [3.63, 3.8) is 0 Å². The van der Waals surface area contributed by atoms with E-state index in [0.29, 0.717) is 11.2 Å². The normalized spacial score (nSPS) is 17.5. The predicted molar refractivity (Wildman–Crippen MR) is 71.2 cm³/mol. The van der Waals surface area contributed by atoms with Crippen molar-refractivity contribution in [2.75, 3.05) is 0 Å². The van der Waals surface area contributed by atoms with Crippen LogP contribution in [-0.4, -0.2) is 19.5 Å². The Kier molecular flexibility index (Phi) is 3.15. The van der Waals surface area contributed by atoms with E-state index in [4.69, 9.17) is 0 Å². The van der Waals surface area contributed by atoms with Crippen LogP contribution in [0.3, 0.4) is 0 Å². The van der Waals surface area contributed by atoms with E-state index in [1.54, 1.807) is 4.57 Å². The zero-order valence-corrected chi connectivity index (χ0v) is 10.6. The first-order chi connectivity index (χ1) is 9.25. The van der Waals surface area contributed by atoms with Crippen molar-refractivity contribution < 1.29 is 0 Å². The number of rotatable bonds is 1. The lowest BCUT2D eigenvalue weighted by Crippen LogP contribution is -2.27. The molecule has 6 nitrogen and oxygen atoms in total. The van der Waals surface area contributed by atoms with E-state index in [9.17, 15) is 9.59 Å². The molecule has 0 radical (unpaired) electrons. The summed E-state index contributed by atoms with van der Waals surface area (Å²) >= 11 is 0. The number of aromatic amines is 1. The molecule has 0 bridgehead atoms. The highest BCUT2D eigenvalue weighted by molar-refractivity contribution is 5.68. The van der Waals surface area contributed by atoms with Gasteiger partial charge in [-0.25, -0.2) is 9.78 Å². The van der Waals surface area contributed by atoms with Crippen LogP contribution < -0.4 is 11.2 Å². The second-order valence-electron chi connectivity index (χ2n) is 5.03. The van der Waals surface area contributed by atoms with E-state index in [-0.39, 0.29) is 11.6 Å². The van der Waals surface area contributed by atoms with Gasteiger partial charge in [0.05, 0.1) is 12.4 Å². The predicted octanol–water partition coefficient (Wildman–Crippen LogP) is 1.38. The summed E-state index contributed by atoms with van der Waals surface area (Å²) in [5, 5.41) is 0. The highest BCUT2D eigenvalue weighted by Gasteiger charge is 2.18. The quantitative estimate of drug-likeness (QED) is 0.785. The van der Waals surface area contributed by atoms with Gasteiger partial charge in [-0.1, -0.05) is 25.7 Å². The Morgan fingerprint density at radius 2 is 1.79 bits per heavy atom. The Hall–Kier alpha value is -1.98. The van der Waals surface area contributed by atoms with Crippen LogP contribution in [0, 0.1) is 0 Å². The van der Waals surface area contributed by atoms with Crippen molar-refractivity contribution in [3.8, 4) is 0 Å². The maximum absolute atomic E-state index is 12.1. The van der Waals surface area contributed by atoms with Gasteiger partial charge < -0.3 is 0 Å². The van der Waals surface area contributed by atoms with Crippen LogP contribution >= 0.6 is 0 Å². The highest BCUT2D eigenvalue weighted by Crippen LogP contribution is 2.27. The molecular weight excluding hydrogens is 244 g/mol. The van der Waals surface area contributed by atoms with Gasteiger partial charge in [0.1, 0.15) is 11.2 Å². The fraction of sp³-hybridized carbons (Fsp3) is 0.538. The number of aromatic nitrogens is 4. The van der Waals surface area contributed by atoms with Crippen molar-refractivity contribution in [2.24, 2.45) is 0 Å². The molecule has 0 unspecified atom stereocenters. The van der Waals surface area contributed by atoms with Gasteiger partial charge in [0.15, 0.2) is 0 Å². The minimum absolute atomic E-state index is 0.151. The van der Waals surface area contributed by atoms with Crippen molar-refractivity contribution in [1.29, 1.82) is 0 Å². The lowest BCUT2D eigenvalue weighted by atomic mass is 10.1. The largest absolute Gasteiger partial charge is 0.346 e. The molecule has 0 spiro atoms. The summed E-state index contributed by atoms with van der Waals surface area (Å²) < 4.78 is 1.69. The lowest BCUT2D eigenvalue weighted by molar-refractivity contribution is 0.441. The molecule has 2 aromatic heterocycles. The molecule has 6 heteroatoms. The number of hydrogen-bond donors (Lipinski definition) is 1. The summed E-state index contributed by atoms with van der Waals surface area (Å²) in [6, 6.07) is 0.151. The number of H-pyrrole nitrogens is 1. The Balaban J connectivity index is 2.20. The molecule has 100 valence electrons. The fourth-order valence-electron chi connectivity index (χ4n) is 2.83. The summed E-state index contributed by atoms with van der Waals surface area (Å²) in [4.78, 5) is 33.8. The molecule has 0 aromatic carbocycles. The smallest absolute Gasteiger partial charge is 0.290 e. The molecule has 1 aliphatic carbocycles. The third-order valence-corrected chi connectivity index (χ3v) is 3.75. The van der Waals surface area contributed by atoms with Gasteiger partial charge >= 0.3 is 5.69 Å². The number of hydrogen-bond acceptors (Lipinski definition) is 4. The Bertz CT molecular complexity index is 690. The first kappa shape index (κ1) is 12.1. The SMILES string of the molecule is O=c1ncc2ncc(=O)n(C3CCCCCC3)c2[nH]1. The molecule has 2 heterocycles. The summed E-state index contributed by atoms with van der Waals surface area (Å²) in [5.41, 5.74) is 0.464. The van der Waals surface area contributed by atoms with Gasteiger partial charge in [-0.15, -0.1) is 0 Å². The maximum atomic E-state index is 12.1. The van der Waals surface area contributed by atoms with Crippen molar-refractivity contribution in [1.82, 2.24) is 19.5 Å². The molecule has 2 aromatic rings. The van der Waals surface area contributed by atoms with Crippen molar-refractivity contribution in [2.45, 2.75) is 44.6 Å². The van der Waals surface area contributed by atoms with Gasteiger partial charge in [-0.3, -0.25) is 14.3 Å². The molecule has 0 amide bonds. The van der Waals surface area contributed by atoms with Crippen LogP contribution in [0.15, 0.2) is 22.0 Å². The van der Waals surface area contributed by atoms with Crippen LogP contribution in [0.1, 0.15) is 44.6 Å². The van der Waals surface area contributed by atoms with Crippen LogP contribution in [0.25, 0.3) is 11.2 Å². The number of nitrogens with one attached hydrogen (secondary N) is 1. The summed E-state index contributed by atoms with van der Waals surface area (Å²) in [7, 11) is 0. The Morgan fingerprint density at radius 1 is 1.05 bits per heavy atom. The minimum Gasteiger partial charge on any atom is -0.290 e. The molecule has 0 saturated heterocycles. The molecule has 0 aliphatic heterocycles. The van der Waals surface area contributed by atoms with Crippen LogP contribution in [-0.2, 0) is 0 Å². The van der Waals surface area contributed by atoms with Crippen LogP contribution in [0.2, 0.25) is 0 Å². The molecule has 1 fully saturated rings. The van der Waals surface area contributed by atoms with Gasteiger partial charge in [-0.05, 0) is 12.8 Å².